The van der Waals surface area contributed by atoms with E-state index in [-0.39, 0.29) is 0 Å². The largest absolute Gasteiger partial charge is 0.319 e. The van der Waals surface area contributed by atoms with Crippen LogP contribution < -0.4 is 0 Å². The lowest BCUT2D eigenvalue weighted by atomic mass is 10.1. The first-order valence-electron chi connectivity index (χ1n) is 7.19. The number of aryl methyl sites for hydroxylation is 1. The summed E-state index contributed by atoms with van der Waals surface area (Å²) < 4.78 is 2.28. The van der Waals surface area contributed by atoms with E-state index in [0.29, 0.717) is 0 Å². The van der Waals surface area contributed by atoms with Crippen molar-refractivity contribution in [3.63, 3.8) is 0 Å². The number of halogens is 1. The standard InChI is InChI=1S/C19H18ClNS/c1-13-6-4-5-7-18(13)21-12-17(19(22-3)14(21)2)15-8-10-16(20)11-9-15/h4-12H,1-3H3. The Balaban J connectivity index is 2.19. The zero-order valence-corrected chi connectivity index (χ0v) is 14.5. The minimum absolute atomic E-state index is 0.768. The Labute approximate surface area is 140 Å². The molecule has 22 heavy (non-hydrogen) atoms. The Kier molecular flexibility index (Phi) is 4.32. The highest BCUT2D eigenvalue weighted by Crippen LogP contribution is 2.36. The molecule has 0 aliphatic carbocycles. The van der Waals surface area contributed by atoms with Crippen LogP contribution in [0.5, 0.6) is 0 Å². The van der Waals surface area contributed by atoms with E-state index in [9.17, 15) is 0 Å². The highest BCUT2D eigenvalue weighted by atomic mass is 35.5. The third kappa shape index (κ3) is 2.69. The van der Waals surface area contributed by atoms with Gasteiger partial charge in [-0.2, -0.15) is 0 Å². The first-order valence-corrected chi connectivity index (χ1v) is 8.80. The first kappa shape index (κ1) is 15.3. The number of para-hydroxylation sites is 1. The summed E-state index contributed by atoms with van der Waals surface area (Å²) in [5.74, 6) is 0. The summed E-state index contributed by atoms with van der Waals surface area (Å²) >= 11 is 7.80. The van der Waals surface area contributed by atoms with Crippen molar-refractivity contribution < 1.29 is 0 Å². The smallest absolute Gasteiger partial charge is 0.0482 e. The number of hydrogen-bond acceptors (Lipinski definition) is 1. The number of rotatable bonds is 3. The van der Waals surface area contributed by atoms with Gasteiger partial charge in [0.2, 0.25) is 0 Å². The van der Waals surface area contributed by atoms with Gasteiger partial charge < -0.3 is 4.57 Å². The Morgan fingerprint density at radius 2 is 1.64 bits per heavy atom. The van der Waals surface area contributed by atoms with Crippen molar-refractivity contribution in [1.82, 2.24) is 4.57 Å². The molecule has 1 nitrogen and oxygen atoms in total. The molecule has 0 saturated carbocycles. The molecule has 1 aromatic heterocycles. The predicted octanol–water partition coefficient (Wildman–Crippen LogP) is 6.14. The van der Waals surface area contributed by atoms with Gasteiger partial charge in [-0.25, -0.2) is 0 Å². The number of thioether (sulfide) groups is 1. The lowest BCUT2D eigenvalue weighted by Crippen LogP contribution is -1.97. The second-order valence-electron chi connectivity index (χ2n) is 5.32. The number of hydrogen-bond donors (Lipinski definition) is 0. The normalized spacial score (nSPS) is 10.9. The third-order valence-corrected chi connectivity index (χ3v) is 5.10. The molecule has 3 heteroatoms. The summed E-state index contributed by atoms with van der Waals surface area (Å²) in [4.78, 5) is 1.31. The molecule has 1 heterocycles. The van der Waals surface area contributed by atoms with Crippen molar-refractivity contribution >= 4 is 23.4 Å². The third-order valence-electron chi connectivity index (χ3n) is 3.93. The van der Waals surface area contributed by atoms with E-state index < -0.39 is 0 Å². The van der Waals surface area contributed by atoms with Crippen LogP contribution in [0.4, 0.5) is 0 Å². The molecule has 0 aliphatic rings. The van der Waals surface area contributed by atoms with Crippen molar-refractivity contribution in [1.29, 1.82) is 0 Å². The van der Waals surface area contributed by atoms with E-state index in [4.69, 9.17) is 11.6 Å². The molecule has 0 unspecified atom stereocenters. The molecule has 2 aromatic carbocycles. The monoisotopic (exact) mass is 327 g/mol. The van der Waals surface area contributed by atoms with Crippen LogP contribution in [0.25, 0.3) is 16.8 Å². The van der Waals surface area contributed by atoms with Crippen molar-refractivity contribution in [2.75, 3.05) is 6.26 Å². The van der Waals surface area contributed by atoms with E-state index in [1.165, 1.54) is 33.0 Å². The van der Waals surface area contributed by atoms with Gasteiger partial charge in [0.05, 0.1) is 0 Å². The lowest BCUT2D eigenvalue weighted by Gasteiger charge is -2.09. The summed E-state index contributed by atoms with van der Waals surface area (Å²) in [6.07, 6.45) is 4.36. The molecule has 112 valence electrons. The van der Waals surface area contributed by atoms with E-state index in [1.807, 2.05) is 12.1 Å². The maximum atomic E-state index is 6.02. The van der Waals surface area contributed by atoms with Crippen LogP contribution in [-0.4, -0.2) is 10.8 Å². The quantitative estimate of drug-likeness (QED) is 0.523. The summed E-state index contributed by atoms with van der Waals surface area (Å²) in [7, 11) is 0. The molecular formula is C19H18ClNS. The molecule has 0 radical (unpaired) electrons. The Hall–Kier alpha value is -1.64. The molecule has 3 aromatic rings. The van der Waals surface area contributed by atoms with Gasteiger partial charge in [-0.1, -0.05) is 41.9 Å². The van der Waals surface area contributed by atoms with Gasteiger partial charge in [0.15, 0.2) is 0 Å². The summed E-state index contributed by atoms with van der Waals surface area (Å²) in [5, 5.41) is 0.768. The molecule has 0 spiro atoms. The number of benzene rings is 2. The van der Waals surface area contributed by atoms with Crippen molar-refractivity contribution in [3.05, 3.63) is 71.0 Å². The molecule has 0 atom stereocenters. The van der Waals surface area contributed by atoms with Crippen LogP contribution >= 0.6 is 23.4 Å². The fourth-order valence-electron chi connectivity index (χ4n) is 2.77. The van der Waals surface area contributed by atoms with E-state index in [2.05, 4.69) is 67.3 Å². The van der Waals surface area contributed by atoms with E-state index >= 15 is 0 Å². The zero-order valence-electron chi connectivity index (χ0n) is 12.9. The van der Waals surface area contributed by atoms with Gasteiger partial charge in [0, 0.05) is 33.1 Å². The molecule has 3 rings (SSSR count). The highest BCUT2D eigenvalue weighted by molar-refractivity contribution is 7.98. The molecular weight excluding hydrogens is 310 g/mol. The van der Waals surface area contributed by atoms with Gasteiger partial charge in [0.25, 0.3) is 0 Å². The minimum atomic E-state index is 0.768. The van der Waals surface area contributed by atoms with Crippen LogP contribution in [-0.2, 0) is 0 Å². The average molecular weight is 328 g/mol. The molecule has 0 aliphatic heterocycles. The lowest BCUT2D eigenvalue weighted by molar-refractivity contribution is 0.983. The minimum Gasteiger partial charge on any atom is -0.319 e. The van der Waals surface area contributed by atoms with Crippen molar-refractivity contribution in [3.8, 4) is 16.8 Å². The molecule has 0 saturated heterocycles. The number of aromatic nitrogens is 1. The predicted molar refractivity (Wildman–Crippen MR) is 97.5 cm³/mol. The van der Waals surface area contributed by atoms with Crippen LogP contribution in [0.2, 0.25) is 5.02 Å². The zero-order chi connectivity index (χ0) is 15.7. The summed E-state index contributed by atoms with van der Waals surface area (Å²) in [6.45, 7) is 4.33. The first-order chi connectivity index (χ1) is 10.6. The molecule has 0 amide bonds. The van der Waals surface area contributed by atoms with Crippen LogP contribution in [0.15, 0.2) is 59.6 Å². The molecule has 0 N–H and O–H groups in total. The van der Waals surface area contributed by atoms with Crippen LogP contribution in [0, 0.1) is 13.8 Å². The fourth-order valence-corrected chi connectivity index (χ4v) is 3.68. The SMILES string of the molecule is CSc1c(-c2ccc(Cl)cc2)cn(-c2ccccc2C)c1C. The summed E-state index contributed by atoms with van der Waals surface area (Å²) in [6, 6.07) is 16.5. The molecule has 0 bridgehead atoms. The average Bonchev–Trinajstić information content (AvgIpc) is 2.85. The van der Waals surface area contributed by atoms with Gasteiger partial charge in [-0.15, -0.1) is 11.8 Å². The second kappa shape index (κ2) is 6.23. The van der Waals surface area contributed by atoms with Crippen molar-refractivity contribution in [2.45, 2.75) is 18.7 Å². The van der Waals surface area contributed by atoms with Gasteiger partial charge >= 0.3 is 0 Å². The van der Waals surface area contributed by atoms with Gasteiger partial charge in [-0.05, 0) is 49.4 Å². The number of nitrogens with zero attached hydrogens (tertiary/aromatic N) is 1. The van der Waals surface area contributed by atoms with Gasteiger partial charge in [-0.3, -0.25) is 0 Å². The Morgan fingerprint density at radius 1 is 0.955 bits per heavy atom. The van der Waals surface area contributed by atoms with E-state index in [1.54, 1.807) is 11.8 Å². The highest BCUT2D eigenvalue weighted by Gasteiger charge is 2.15. The maximum absolute atomic E-state index is 6.02. The van der Waals surface area contributed by atoms with E-state index in [0.717, 1.165) is 5.02 Å². The van der Waals surface area contributed by atoms with Crippen LogP contribution in [0.1, 0.15) is 11.3 Å². The Bertz CT molecular complexity index is 803. The van der Waals surface area contributed by atoms with Gasteiger partial charge in [0.1, 0.15) is 0 Å². The molecule has 0 fully saturated rings. The fraction of sp³-hybridized carbons (Fsp3) is 0.158. The second-order valence-corrected chi connectivity index (χ2v) is 6.58. The topological polar surface area (TPSA) is 4.93 Å². The summed E-state index contributed by atoms with van der Waals surface area (Å²) in [5.41, 5.74) is 6.23. The Morgan fingerprint density at radius 3 is 2.27 bits per heavy atom. The maximum Gasteiger partial charge on any atom is 0.0482 e. The van der Waals surface area contributed by atoms with Crippen molar-refractivity contribution in [2.24, 2.45) is 0 Å². The van der Waals surface area contributed by atoms with Crippen LogP contribution in [0.3, 0.4) is 0 Å².